The van der Waals surface area contributed by atoms with Crippen molar-refractivity contribution in [1.29, 1.82) is 0 Å². The van der Waals surface area contributed by atoms with Crippen LogP contribution < -0.4 is 20.7 Å². The first-order valence-corrected chi connectivity index (χ1v) is 19.3. The van der Waals surface area contributed by atoms with Gasteiger partial charge < -0.3 is 18.6 Å². The zero-order chi connectivity index (χ0) is 33.1. The summed E-state index contributed by atoms with van der Waals surface area (Å²) in [4.78, 5) is 28.7. The van der Waals surface area contributed by atoms with Gasteiger partial charge in [0.1, 0.15) is 24.2 Å². The number of aromatic amines is 1. The molecule has 0 aliphatic carbocycles. The van der Waals surface area contributed by atoms with Gasteiger partial charge in [-0.1, -0.05) is 93.2 Å². The first-order chi connectivity index (χ1) is 21.8. The van der Waals surface area contributed by atoms with Gasteiger partial charge in [-0.15, -0.1) is 0 Å². The number of benzene rings is 3. The molecule has 0 amide bonds. The summed E-state index contributed by atoms with van der Waals surface area (Å²) < 4.78 is 27.3. The third-order valence-electron chi connectivity index (χ3n) is 8.93. The van der Waals surface area contributed by atoms with E-state index in [1.807, 2.05) is 60.7 Å². The van der Waals surface area contributed by atoms with Gasteiger partial charge in [-0.25, -0.2) is 4.79 Å². The molecule has 10 heteroatoms. The highest BCUT2D eigenvalue weighted by Crippen LogP contribution is 2.53. The molecule has 5 rings (SSSR count). The molecule has 0 spiro atoms. The third kappa shape index (κ3) is 7.36. The molecule has 3 atom stereocenters. The SMILES string of the molecule is COc1ccc(OC[C@H]2O[C@@](SC(c3ccccc3)c3ccccc3)(n3cc(C)c(=O)[nH]c3=O)C[C@@H]2O[Si](C)(C)C(C)(C)C)cc1. The molecule has 1 aliphatic rings. The summed E-state index contributed by atoms with van der Waals surface area (Å²) in [6.07, 6.45) is 1.06. The van der Waals surface area contributed by atoms with E-state index >= 15 is 0 Å². The lowest BCUT2D eigenvalue weighted by Crippen LogP contribution is -2.47. The van der Waals surface area contributed by atoms with Gasteiger partial charge in [0.25, 0.3) is 5.56 Å². The van der Waals surface area contributed by atoms with Crippen LogP contribution in [0.2, 0.25) is 18.1 Å². The quantitative estimate of drug-likeness (QED) is 0.170. The van der Waals surface area contributed by atoms with Crippen molar-refractivity contribution in [2.45, 2.75) is 74.8 Å². The molecular formula is C36H44N2O6SSi. The second-order valence-electron chi connectivity index (χ2n) is 13.2. The number of nitrogens with zero attached hydrogens (tertiary/aromatic N) is 1. The summed E-state index contributed by atoms with van der Waals surface area (Å²) in [5.74, 6) is 1.41. The summed E-state index contributed by atoms with van der Waals surface area (Å²) in [5.41, 5.74) is 1.59. The lowest BCUT2D eigenvalue weighted by Gasteiger charge is -2.39. The molecule has 0 bridgehead atoms. The van der Waals surface area contributed by atoms with E-state index in [0.717, 1.165) is 16.9 Å². The Balaban J connectivity index is 1.62. The number of methoxy groups -OCH3 is 1. The van der Waals surface area contributed by atoms with Crippen molar-refractivity contribution >= 4 is 20.1 Å². The first-order valence-electron chi connectivity index (χ1n) is 15.6. The van der Waals surface area contributed by atoms with E-state index in [-0.39, 0.29) is 16.9 Å². The van der Waals surface area contributed by atoms with Gasteiger partial charge in [-0.05, 0) is 60.4 Å². The van der Waals surface area contributed by atoms with E-state index in [1.165, 1.54) is 11.8 Å². The highest BCUT2D eigenvalue weighted by Gasteiger charge is 2.54. The predicted molar refractivity (Wildman–Crippen MR) is 186 cm³/mol. The van der Waals surface area contributed by atoms with Crippen LogP contribution in [0.5, 0.6) is 11.5 Å². The van der Waals surface area contributed by atoms with Crippen molar-refractivity contribution in [3.8, 4) is 11.5 Å². The highest BCUT2D eigenvalue weighted by atomic mass is 32.2. The molecule has 0 saturated carbocycles. The van der Waals surface area contributed by atoms with Gasteiger partial charge in [-0.2, -0.15) is 0 Å². The fraction of sp³-hybridized carbons (Fsp3) is 0.389. The van der Waals surface area contributed by atoms with Gasteiger partial charge in [0.05, 0.1) is 18.5 Å². The number of rotatable bonds is 11. The highest BCUT2D eigenvalue weighted by molar-refractivity contribution is 8.00. The van der Waals surface area contributed by atoms with Crippen LogP contribution in [0.15, 0.2) is 101 Å². The summed E-state index contributed by atoms with van der Waals surface area (Å²) in [5, 5.41) is -1.49. The van der Waals surface area contributed by atoms with Crippen molar-refractivity contribution in [1.82, 2.24) is 9.55 Å². The Morgan fingerprint density at radius 1 is 0.957 bits per heavy atom. The zero-order valence-electron chi connectivity index (χ0n) is 27.6. The maximum Gasteiger partial charge on any atom is 0.331 e. The van der Waals surface area contributed by atoms with Crippen molar-refractivity contribution in [2.75, 3.05) is 13.7 Å². The first kappa shape index (κ1) is 33.8. The van der Waals surface area contributed by atoms with Crippen LogP contribution in [0.3, 0.4) is 0 Å². The Bertz CT molecular complexity index is 1680. The lowest BCUT2D eigenvalue weighted by molar-refractivity contribution is -0.0591. The van der Waals surface area contributed by atoms with Crippen molar-refractivity contribution < 1.29 is 18.6 Å². The molecule has 0 unspecified atom stereocenters. The molecule has 3 aromatic carbocycles. The van der Waals surface area contributed by atoms with E-state index in [0.29, 0.717) is 17.7 Å². The van der Waals surface area contributed by atoms with Crippen molar-refractivity contribution in [3.63, 3.8) is 0 Å². The number of nitrogens with one attached hydrogen (secondary N) is 1. The number of hydrogen-bond donors (Lipinski definition) is 1. The van der Waals surface area contributed by atoms with E-state index in [2.05, 4.69) is 63.1 Å². The monoisotopic (exact) mass is 660 g/mol. The summed E-state index contributed by atoms with van der Waals surface area (Å²) in [6, 6.07) is 27.8. The Hall–Kier alpha value is -3.57. The van der Waals surface area contributed by atoms with Crippen LogP contribution in [-0.4, -0.2) is 43.8 Å². The molecular weight excluding hydrogens is 617 g/mol. The topological polar surface area (TPSA) is 91.8 Å². The maximum atomic E-state index is 13.7. The van der Waals surface area contributed by atoms with Gasteiger partial charge in [0.15, 0.2) is 8.32 Å². The van der Waals surface area contributed by atoms with Gasteiger partial charge in [0.2, 0.25) is 5.06 Å². The number of aryl methyl sites for hydroxylation is 1. The fourth-order valence-corrected chi connectivity index (χ4v) is 8.28. The average Bonchev–Trinajstić information content (AvgIpc) is 3.38. The Kier molecular flexibility index (Phi) is 10.0. The molecule has 1 N–H and O–H groups in total. The lowest BCUT2D eigenvalue weighted by atomic mass is 10.0. The van der Waals surface area contributed by atoms with Gasteiger partial charge >= 0.3 is 5.69 Å². The average molecular weight is 661 g/mol. The van der Waals surface area contributed by atoms with Gasteiger partial charge in [-0.3, -0.25) is 14.3 Å². The number of thioether (sulfide) groups is 1. The molecule has 1 aromatic heterocycles. The van der Waals surface area contributed by atoms with E-state index in [1.54, 1.807) is 24.8 Å². The molecule has 244 valence electrons. The molecule has 1 aliphatic heterocycles. The predicted octanol–water partition coefficient (Wildman–Crippen LogP) is 7.25. The Labute approximate surface area is 276 Å². The number of ether oxygens (including phenoxy) is 3. The molecule has 2 heterocycles. The van der Waals surface area contributed by atoms with Crippen LogP contribution >= 0.6 is 11.8 Å². The van der Waals surface area contributed by atoms with Crippen LogP contribution in [0.4, 0.5) is 0 Å². The molecule has 1 saturated heterocycles. The largest absolute Gasteiger partial charge is 0.497 e. The van der Waals surface area contributed by atoms with Crippen molar-refractivity contribution in [3.05, 3.63) is 129 Å². The van der Waals surface area contributed by atoms with E-state index in [9.17, 15) is 9.59 Å². The van der Waals surface area contributed by atoms with Crippen molar-refractivity contribution in [2.24, 2.45) is 0 Å². The fourth-order valence-electron chi connectivity index (χ4n) is 5.29. The number of aromatic nitrogens is 2. The van der Waals surface area contributed by atoms with Crippen LogP contribution in [0, 0.1) is 6.92 Å². The maximum absolute atomic E-state index is 13.7. The molecule has 4 aromatic rings. The Morgan fingerprint density at radius 2 is 1.52 bits per heavy atom. The number of hydrogen-bond acceptors (Lipinski definition) is 7. The minimum Gasteiger partial charge on any atom is -0.497 e. The molecule has 46 heavy (non-hydrogen) atoms. The second kappa shape index (κ2) is 13.7. The third-order valence-corrected chi connectivity index (χ3v) is 15.0. The summed E-state index contributed by atoms with van der Waals surface area (Å²) >= 11 is 1.54. The zero-order valence-corrected chi connectivity index (χ0v) is 29.4. The van der Waals surface area contributed by atoms with Crippen LogP contribution in [0.25, 0.3) is 0 Å². The standard InChI is InChI=1S/C36H44N2O6SSi/c1-25-23-38(34(40)37-33(25)39)36(45-32(26-14-10-8-11-15-26)27-16-12-9-13-17-27)22-30(44-46(6,7)35(2,3)4)31(43-36)24-42-29-20-18-28(41-5)19-21-29/h8-21,23,30-32H,22,24H2,1-7H3,(H,37,39,40)/t30-,31+,36-/m0/s1. The summed E-state index contributed by atoms with van der Waals surface area (Å²) in [7, 11) is -0.678. The smallest absolute Gasteiger partial charge is 0.331 e. The normalized spacial score (nSPS) is 20.2. The molecule has 8 nitrogen and oxygen atoms in total. The van der Waals surface area contributed by atoms with Gasteiger partial charge in [0, 0.05) is 18.2 Å². The van der Waals surface area contributed by atoms with E-state index < -0.39 is 36.8 Å². The van der Waals surface area contributed by atoms with Crippen LogP contribution in [0.1, 0.15) is 49.1 Å². The second-order valence-corrected chi connectivity index (χ2v) is 19.3. The molecule has 0 radical (unpaired) electrons. The van der Waals surface area contributed by atoms with E-state index in [4.69, 9.17) is 18.6 Å². The van der Waals surface area contributed by atoms with Crippen LogP contribution in [-0.2, 0) is 14.2 Å². The minimum absolute atomic E-state index is 0.0607. The minimum atomic E-state index is -2.30. The molecule has 1 fully saturated rings. The number of H-pyrrole nitrogens is 1. The summed E-state index contributed by atoms with van der Waals surface area (Å²) in [6.45, 7) is 12.9. The Morgan fingerprint density at radius 3 is 2.07 bits per heavy atom.